The SMILES string of the molecule is CC.CCn1cc(-c2cn3ncc(C(N)=O)c(NC4CNCC4C)c3n2)cn1. The standard InChI is InChI=1S/C17H22N8O.C2H6/c1-3-24-8-11(5-20-24)14-9-25-17(23-14)15(12(6-21-25)16(18)26)22-13-7-19-4-10(13)2;1-2/h5-6,8-10,13,19,22H,3-4,7H2,1-2H3,(H2,18,26);1-2H3. The van der Waals surface area contributed by atoms with Crippen LogP contribution in [0.1, 0.15) is 38.1 Å². The van der Waals surface area contributed by atoms with Crippen LogP contribution in [-0.4, -0.2) is 49.4 Å². The third-order valence-electron chi connectivity index (χ3n) is 4.86. The van der Waals surface area contributed by atoms with Gasteiger partial charge in [0.25, 0.3) is 5.91 Å². The second-order valence-electron chi connectivity index (χ2n) is 6.66. The Bertz CT molecular complexity index is 960. The predicted molar refractivity (Wildman–Crippen MR) is 109 cm³/mol. The van der Waals surface area contributed by atoms with Gasteiger partial charge < -0.3 is 16.4 Å². The molecule has 4 N–H and O–H groups in total. The number of carbonyl (C=O) groups excluding carboxylic acids is 1. The fourth-order valence-electron chi connectivity index (χ4n) is 3.26. The van der Waals surface area contributed by atoms with Gasteiger partial charge in [0, 0.05) is 30.9 Å². The van der Waals surface area contributed by atoms with Crippen LogP contribution in [0.3, 0.4) is 0 Å². The van der Waals surface area contributed by atoms with E-state index in [1.807, 2.05) is 37.8 Å². The van der Waals surface area contributed by atoms with E-state index in [1.54, 1.807) is 10.7 Å². The van der Waals surface area contributed by atoms with Crippen molar-refractivity contribution in [1.82, 2.24) is 29.7 Å². The van der Waals surface area contributed by atoms with Gasteiger partial charge in [0.1, 0.15) is 0 Å². The topological polar surface area (TPSA) is 115 Å². The zero-order valence-corrected chi connectivity index (χ0v) is 16.8. The highest BCUT2D eigenvalue weighted by Crippen LogP contribution is 2.27. The van der Waals surface area contributed by atoms with Crippen LogP contribution < -0.4 is 16.4 Å². The largest absolute Gasteiger partial charge is 0.377 e. The molecule has 1 aliphatic rings. The van der Waals surface area contributed by atoms with Crippen LogP contribution in [0.4, 0.5) is 5.69 Å². The lowest BCUT2D eigenvalue weighted by molar-refractivity contribution is 0.100. The molecule has 0 saturated carbocycles. The lowest BCUT2D eigenvalue weighted by Gasteiger charge is -2.19. The molecule has 0 radical (unpaired) electrons. The molecule has 2 unspecified atom stereocenters. The van der Waals surface area contributed by atoms with Crippen molar-refractivity contribution >= 4 is 17.2 Å². The number of primary amides is 1. The molecule has 2 atom stereocenters. The van der Waals surface area contributed by atoms with Gasteiger partial charge in [-0.05, 0) is 19.4 Å². The minimum absolute atomic E-state index is 0.197. The molecular formula is C19H28N8O. The molecule has 1 aliphatic heterocycles. The third kappa shape index (κ3) is 3.70. The highest BCUT2D eigenvalue weighted by atomic mass is 16.1. The maximum Gasteiger partial charge on any atom is 0.252 e. The first-order valence-corrected chi connectivity index (χ1v) is 9.75. The van der Waals surface area contributed by atoms with Crippen molar-refractivity contribution in [2.75, 3.05) is 18.4 Å². The van der Waals surface area contributed by atoms with Crippen LogP contribution in [0.25, 0.3) is 16.9 Å². The number of hydrogen-bond acceptors (Lipinski definition) is 6. The van der Waals surface area contributed by atoms with Crippen molar-refractivity contribution in [3.05, 3.63) is 30.4 Å². The van der Waals surface area contributed by atoms with E-state index >= 15 is 0 Å². The zero-order chi connectivity index (χ0) is 20.3. The highest BCUT2D eigenvalue weighted by molar-refractivity contribution is 6.01. The fourth-order valence-corrected chi connectivity index (χ4v) is 3.26. The van der Waals surface area contributed by atoms with Crippen molar-refractivity contribution in [2.45, 2.75) is 40.3 Å². The molecule has 150 valence electrons. The molecule has 1 saturated heterocycles. The summed E-state index contributed by atoms with van der Waals surface area (Å²) in [5.74, 6) is -0.0920. The number of fused-ring (bicyclic) bond motifs is 1. The van der Waals surface area contributed by atoms with Crippen LogP contribution in [-0.2, 0) is 6.54 Å². The normalized spacial score (nSPS) is 18.7. The smallest absolute Gasteiger partial charge is 0.252 e. The number of nitrogens with two attached hydrogens (primary N) is 1. The predicted octanol–water partition coefficient (Wildman–Crippen LogP) is 1.76. The summed E-state index contributed by atoms with van der Waals surface area (Å²) in [7, 11) is 0. The van der Waals surface area contributed by atoms with E-state index in [0.29, 0.717) is 22.8 Å². The van der Waals surface area contributed by atoms with Crippen molar-refractivity contribution in [3.8, 4) is 11.3 Å². The Kier molecular flexibility index (Phi) is 5.93. The maximum absolute atomic E-state index is 11.9. The number of aromatic nitrogens is 5. The summed E-state index contributed by atoms with van der Waals surface area (Å²) in [4.78, 5) is 16.6. The van der Waals surface area contributed by atoms with Gasteiger partial charge in [0.05, 0.1) is 35.5 Å². The van der Waals surface area contributed by atoms with E-state index in [9.17, 15) is 4.79 Å². The summed E-state index contributed by atoms with van der Waals surface area (Å²) < 4.78 is 3.51. The van der Waals surface area contributed by atoms with Gasteiger partial charge in [-0.25, -0.2) is 9.50 Å². The van der Waals surface area contributed by atoms with Crippen LogP contribution in [0.2, 0.25) is 0 Å². The number of hydrogen-bond donors (Lipinski definition) is 3. The van der Waals surface area contributed by atoms with E-state index in [4.69, 9.17) is 10.7 Å². The summed E-state index contributed by atoms with van der Waals surface area (Å²) in [6.07, 6.45) is 7.04. The number of anilines is 1. The van der Waals surface area contributed by atoms with Crippen LogP contribution in [0.5, 0.6) is 0 Å². The molecule has 9 nitrogen and oxygen atoms in total. The number of aryl methyl sites for hydroxylation is 1. The average Bonchev–Trinajstić information content (AvgIpc) is 3.42. The molecule has 3 aromatic rings. The molecule has 0 spiro atoms. The van der Waals surface area contributed by atoms with Crippen molar-refractivity contribution < 1.29 is 4.79 Å². The van der Waals surface area contributed by atoms with E-state index in [2.05, 4.69) is 27.8 Å². The lowest BCUT2D eigenvalue weighted by Crippen LogP contribution is -2.29. The lowest BCUT2D eigenvalue weighted by atomic mass is 10.1. The van der Waals surface area contributed by atoms with Gasteiger partial charge in [-0.2, -0.15) is 10.2 Å². The summed E-state index contributed by atoms with van der Waals surface area (Å²) in [6, 6.07) is 0.197. The van der Waals surface area contributed by atoms with Crippen molar-refractivity contribution in [1.29, 1.82) is 0 Å². The fraction of sp³-hybridized carbons (Fsp3) is 0.474. The third-order valence-corrected chi connectivity index (χ3v) is 4.86. The monoisotopic (exact) mass is 384 g/mol. The molecule has 0 aliphatic carbocycles. The van der Waals surface area contributed by atoms with Gasteiger partial charge in [0.2, 0.25) is 0 Å². The van der Waals surface area contributed by atoms with Crippen molar-refractivity contribution in [2.24, 2.45) is 11.7 Å². The molecule has 9 heteroatoms. The molecule has 1 fully saturated rings. The summed E-state index contributed by atoms with van der Waals surface area (Å²) in [5.41, 5.74) is 8.78. The number of carbonyl (C=O) groups is 1. The molecular weight excluding hydrogens is 356 g/mol. The Morgan fingerprint density at radius 2 is 2.07 bits per heavy atom. The first-order valence-electron chi connectivity index (χ1n) is 9.75. The van der Waals surface area contributed by atoms with Crippen molar-refractivity contribution in [3.63, 3.8) is 0 Å². The Hall–Kier alpha value is -2.94. The van der Waals surface area contributed by atoms with Crippen LogP contribution >= 0.6 is 0 Å². The number of nitrogens with zero attached hydrogens (tertiary/aromatic N) is 5. The first kappa shape index (κ1) is 19.8. The molecule has 3 aromatic heterocycles. The van der Waals surface area contributed by atoms with E-state index in [0.717, 1.165) is 30.9 Å². The second kappa shape index (κ2) is 8.39. The summed E-state index contributed by atoms with van der Waals surface area (Å²) in [5, 5.41) is 15.4. The Labute approximate surface area is 164 Å². The molecule has 4 rings (SSSR count). The molecule has 28 heavy (non-hydrogen) atoms. The minimum atomic E-state index is -0.524. The molecule has 0 aromatic carbocycles. The van der Waals surface area contributed by atoms with E-state index in [1.165, 1.54) is 6.20 Å². The Balaban J connectivity index is 0.00000109. The van der Waals surface area contributed by atoms with Gasteiger partial charge in [0.15, 0.2) is 5.65 Å². The van der Waals surface area contributed by atoms with Gasteiger partial charge in [-0.3, -0.25) is 9.48 Å². The van der Waals surface area contributed by atoms with Crippen LogP contribution in [0, 0.1) is 5.92 Å². The number of imidazole rings is 1. The van der Waals surface area contributed by atoms with E-state index in [-0.39, 0.29) is 6.04 Å². The maximum atomic E-state index is 11.9. The second-order valence-corrected chi connectivity index (χ2v) is 6.66. The van der Waals surface area contributed by atoms with E-state index < -0.39 is 5.91 Å². The quantitative estimate of drug-likeness (QED) is 0.617. The highest BCUT2D eigenvalue weighted by Gasteiger charge is 2.26. The van der Waals surface area contributed by atoms with Crippen LogP contribution in [0.15, 0.2) is 24.8 Å². The van der Waals surface area contributed by atoms with Gasteiger partial charge in [-0.15, -0.1) is 0 Å². The average molecular weight is 384 g/mol. The van der Waals surface area contributed by atoms with Gasteiger partial charge in [-0.1, -0.05) is 20.8 Å². The minimum Gasteiger partial charge on any atom is -0.377 e. The number of rotatable bonds is 5. The summed E-state index contributed by atoms with van der Waals surface area (Å²) in [6.45, 7) is 10.7. The molecule has 0 bridgehead atoms. The zero-order valence-electron chi connectivity index (χ0n) is 16.8. The number of amides is 1. The Morgan fingerprint density at radius 1 is 1.29 bits per heavy atom. The van der Waals surface area contributed by atoms with Gasteiger partial charge >= 0.3 is 0 Å². The number of nitrogens with one attached hydrogen (secondary N) is 2. The summed E-state index contributed by atoms with van der Waals surface area (Å²) >= 11 is 0. The Morgan fingerprint density at radius 3 is 2.68 bits per heavy atom. The molecule has 4 heterocycles. The molecule has 1 amide bonds. The first-order chi connectivity index (χ1) is 13.6.